The Morgan fingerprint density at radius 3 is 2.72 bits per heavy atom. The van der Waals surface area contributed by atoms with Crippen LogP contribution in [0.5, 0.6) is 0 Å². The van der Waals surface area contributed by atoms with Crippen molar-refractivity contribution in [3.8, 4) is 0 Å². The third kappa shape index (κ3) is 2.92. The van der Waals surface area contributed by atoms with Gasteiger partial charge in [0.2, 0.25) is 0 Å². The molecule has 0 aliphatic carbocycles. The van der Waals surface area contributed by atoms with Crippen LogP contribution in [0.1, 0.15) is 33.4 Å². The van der Waals surface area contributed by atoms with Gasteiger partial charge in [0, 0.05) is 6.54 Å². The van der Waals surface area contributed by atoms with Crippen molar-refractivity contribution < 1.29 is 4.79 Å². The summed E-state index contributed by atoms with van der Waals surface area (Å²) < 4.78 is 3.81. The van der Waals surface area contributed by atoms with Crippen molar-refractivity contribution in [2.24, 2.45) is 0 Å². The van der Waals surface area contributed by atoms with Crippen LogP contribution >= 0.6 is 11.5 Å². The van der Waals surface area contributed by atoms with Gasteiger partial charge in [0.05, 0.1) is 5.69 Å². The van der Waals surface area contributed by atoms with Crippen molar-refractivity contribution in [3.63, 3.8) is 0 Å². The van der Waals surface area contributed by atoms with Crippen LogP contribution in [0.15, 0.2) is 24.3 Å². The second-order valence-corrected chi connectivity index (χ2v) is 4.82. The van der Waals surface area contributed by atoms with Gasteiger partial charge in [0.25, 0.3) is 5.91 Å². The second-order valence-electron chi connectivity index (χ2n) is 4.07. The highest BCUT2D eigenvalue weighted by atomic mass is 32.1. The molecule has 1 aromatic heterocycles. The molecule has 0 bridgehead atoms. The van der Waals surface area contributed by atoms with Crippen LogP contribution in [0, 0.1) is 6.92 Å². The predicted molar refractivity (Wildman–Crippen MR) is 71.6 cm³/mol. The Hall–Kier alpha value is -1.75. The Balaban J connectivity index is 1.98. The van der Waals surface area contributed by atoms with E-state index < -0.39 is 0 Å². The first-order valence-corrected chi connectivity index (χ1v) is 6.63. The summed E-state index contributed by atoms with van der Waals surface area (Å²) in [5.74, 6) is -0.0950. The van der Waals surface area contributed by atoms with Crippen LogP contribution < -0.4 is 5.32 Å². The molecule has 1 heterocycles. The van der Waals surface area contributed by atoms with Crippen LogP contribution in [-0.4, -0.2) is 15.5 Å². The van der Waals surface area contributed by atoms with Gasteiger partial charge in [0.1, 0.15) is 4.88 Å². The van der Waals surface area contributed by atoms with E-state index in [2.05, 4.69) is 14.9 Å². The number of aryl methyl sites for hydroxylation is 2. The molecule has 0 fully saturated rings. The smallest absolute Gasteiger partial charge is 0.265 e. The molecule has 2 aromatic rings. The Bertz CT molecular complexity index is 533. The molecular weight excluding hydrogens is 246 g/mol. The average molecular weight is 261 g/mol. The summed E-state index contributed by atoms with van der Waals surface area (Å²) in [5, 5.41) is 6.82. The number of carbonyl (C=O) groups excluding carboxylic acids is 1. The lowest BCUT2D eigenvalue weighted by molar-refractivity contribution is 0.0954. The molecule has 0 saturated heterocycles. The van der Waals surface area contributed by atoms with Crippen LogP contribution in [-0.2, 0) is 13.0 Å². The first-order chi connectivity index (χ1) is 8.70. The standard InChI is InChI=1S/C13H15N3OS/c1-3-11-12(18-16-15-11)13(17)14-8-10-6-4-9(2)5-7-10/h4-7H,3,8H2,1-2H3,(H,14,17). The SMILES string of the molecule is CCc1nnsc1C(=O)NCc1ccc(C)cc1. The number of benzene rings is 1. The summed E-state index contributed by atoms with van der Waals surface area (Å²) in [4.78, 5) is 12.6. The predicted octanol–water partition coefficient (Wildman–Crippen LogP) is 2.34. The number of nitrogens with one attached hydrogen (secondary N) is 1. The van der Waals surface area contributed by atoms with Gasteiger partial charge in [-0.3, -0.25) is 4.79 Å². The molecule has 4 nitrogen and oxygen atoms in total. The van der Waals surface area contributed by atoms with Gasteiger partial charge in [-0.1, -0.05) is 41.2 Å². The molecule has 2 rings (SSSR count). The summed E-state index contributed by atoms with van der Waals surface area (Å²) in [6, 6.07) is 8.10. The van der Waals surface area contributed by atoms with E-state index in [-0.39, 0.29) is 5.91 Å². The Labute approximate surface area is 110 Å². The van der Waals surface area contributed by atoms with E-state index in [1.165, 1.54) is 5.56 Å². The lowest BCUT2D eigenvalue weighted by Gasteiger charge is -2.04. The van der Waals surface area contributed by atoms with Crippen molar-refractivity contribution in [3.05, 3.63) is 46.0 Å². The fourth-order valence-corrected chi connectivity index (χ4v) is 2.25. The van der Waals surface area contributed by atoms with E-state index in [0.717, 1.165) is 29.2 Å². The molecule has 94 valence electrons. The molecule has 5 heteroatoms. The molecule has 1 aromatic carbocycles. The van der Waals surface area contributed by atoms with Crippen LogP contribution in [0.3, 0.4) is 0 Å². The monoisotopic (exact) mass is 261 g/mol. The molecule has 18 heavy (non-hydrogen) atoms. The summed E-state index contributed by atoms with van der Waals surface area (Å²) >= 11 is 1.15. The van der Waals surface area contributed by atoms with Crippen molar-refractivity contribution in [2.45, 2.75) is 26.8 Å². The molecule has 1 N–H and O–H groups in total. The van der Waals surface area contributed by atoms with Crippen LogP contribution in [0.4, 0.5) is 0 Å². The summed E-state index contributed by atoms with van der Waals surface area (Å²) in [6.07, 6.45) is 0.726. The fourth-order valence-electron chi connectivity index (χ4n) is 1.58. The molecule has 0 spiro atoms. The van der Waals surface area contributed by atoms with E-state index in [1.54, 1.807) is 0 Å². The lowest BCUT2D eigenvalue weighted by Crippen LogP contribution is -2.22. The molecule has 1 amide bonds. The number of amides is 1. The molecule has 0 atom stereocenters. The maximum absolute atomic E-state index is 11.9. The van der Waals surface area contributed by atoms with E-state index in [1.807, 2.05) is 38.1 Å². The summed E-state index contributed by atoms with van der Waals surface area (Å²) in [5.41, 5.74) is 3.07. The minimum atomic E-state index is -0.0950. The number of rotatable bonds is 4. The minimum Gasteiger partial charge on any atom is -0.347 e. The first kappa shape index (κ1) is 12.7. The highest BCUT2D eigenvalue weighted by Gasteiger charge is 2.14. The van der Waals surface area contributed by atoms with Gasteiger partial charge >= 0.3 is 0 Å². The zero-order valence-corrected chi connectivity index (χ0v) is 11.3. The summed E-state index contributed by atoms with van der Waals surface area (Å²) in [7, 11) is 0. The Kier molecular flexibility index (Phi) is 4.04. The first-order valence-electron chi connectivity index (χ1n) is 5.85. The van der Waals surface area contributed by atoms with E-state index >= 15 is 0 Å². The zero-order chi connectivity index (χ0) is 13.0. The van der Waals surface area contributed by atoms with Crippen molar-refractivity contribution in [1.29, 1.82) is 0 Å². The maximum atomic E-state index is 11.9. The molecule has 0 unspecified atom stereocenters. The molecule has 0 aliphatic heterocycles. The normalized spacial score (nSPS) is 10.3. The minimum absolute atomic E-state index is 0.0950. The second kappa shape index (κ2) is 5.73. The molecule has 0 radical (unpaired) electrons. The molecular formula is C13H15N3OS. The zero-order valence-electron chi connectivity index (χ0n) is 10.4. The molecule has 0 saturated carbocycles. The number of aromatic nitrogens is 2. The lowest BCUT2D eigenvalue weighted by atomic mass is 10.1. The number of hydrogen-bond acceptors (Lipinski definition) is 4. The van der Waals surface area contributed by atoms with Gasteiger partial charge < -0.3 is 5.32 Å². The quantitative estimate of drug-likeness (QED) is 0.919. The average Bonchev–Trinajstić information content (AvgIpc) is 2.86. The fraction of sp³-hybridized carbons (Fsp3) is 0.308. The van der Waals surface area contributed by atoms with Crippen molar-refractivity contribution in [1.82, 2.24) is 14.9 Å². The van der Waals surface area contributed by atoms with Crippen LogP contribution in [0.25, 0.3) is 0 Å². The third-order valence-electron chi connectivity index (χ3n) is 2.67. The Morgan fingerprint density at radius 2 is 2.06 bits per heavy atom. The van der Waals surface area contributed by atoms with Crippen LogP contribution in [0.2, 0.25) is 0 Å². The van der Waals surface area contributed by atoms with E-state index in [4.69, 9.17) is 0 Å². The van der Waals surface area contributed by atoms with Crippen molar-refractivity contribution >= 4 is 17.4 Å². The third-order valence-corrected chi connectivity index (χ3v) is 3.44. The number of hydrogen-bond donors (Lipinski definition) is 1. The van der Waals surface area contributed by atoms with E-state index in [9.17, 15) is 4.79 Å². The number of carbonyl (C=O) groups is 1. The highest BCUT2D eigenvalue weighted by Crippen LogP contribution is 2.11. The largest absolute Gasteiger partial charge is 0.347 e. The molecule has 0 aliphatic rings. The topological polar surface area (TPSA) is 54.9 Å². The van der Waals surface area contributed by atoms with Crippen molar-refractivity contribution in [2.75, 3.05) is 0 Å². The van der Waals surface area contributed by atoms with Gasteiger partial charge in [0.15, 0.2) is 0 Å². The van der Waals surface area contributed by atoms with Gasteiger partial charge in [-0.05, 0) is 30.4 Å². The maximum Gasteiger partial charge on any atom is 0.265 e. The van der Waals surface area contributed by atoms with Gasteiger partial charge in [-0.25, -0.2) is 0 Å². The van der Waals surface area contributed by atoms with E-state index in [0.29, 0.717) is 11.4 Å². The highest BCUT2D eigenvalue weighted by molar-refractivity contribution is 7.08. The Morgan fingerprint density at radius 1 is 1.33 bits per heavy atom. The van der Waals surface area contributed by atoms with Gasteiger partial charge in [-0.2, -0.15) is 0 Å². The summed E-state index contributed by atoms with van der Waals surface area (Å²) in [6.45, 7) is 4.53. The van der Waals surface area contributed by atoms with Gasteiger partial charge in [-0.15, -0.1) is 5.10 Å². The number of nitrogens with zero attached hydrogens (tertiary/aromatic N) is 2.